The summed E-state index contributed by atoms with van der Waals surface area (Å²) in [4.78, 5) is -0.237. The van der Waals surface area contributed by atoms with E-state index in [4.69, 9.17) is 5.26 Å². The number of rotatable bonds is 3. The maximum Gasteiger partial charge on any atom is 0.186 e. The van der Waals surface area contributed by atoms with Crippen molar-refractivity contribution in [3.05, 3.63) is 11.1 Å². The van der Waals surface area contributed by atoms with E-state index in [1.807, 2.05) is 27.7 Å². The van der Waals surface area contributed by atoms with Gasteiger partial charge in [-0.25, -0.2) is 8.42 Å². The monoisotopic (exact) mass is 230 g/mol. The molecule has 0 saturated carbocycles. The molecule has 0 aliphatic carbocycles. The zero-order chi connectivity index (χ0) is 12.3. The molecule has 1 N–H and O–H groups in total. The van der Waals surface area contributed by atoms with E-state index >= 15 is 0 Å². The number of allylic oxidation sites excluding steroid dienone is 1. The zero-order valence-corrected chi connectivity index (χ0v) is 10.6. The van der Waals surface area contributed by atoms with E-state index in [1.165, 1.54) is 6.20 Å². The molecule has 0 heterocycles. The lowest BCUT2D eigenvalue weighted by Gasteiger charge is -2.27. The van der Waals surface area contributed by atoms with Gasteiger partial charge in [0, 0.05) is 18.5 Å². The minimum absolute atomic E-state index is 0.00850. The molecule has 1 unspecified atom stereocenters. The number of nitriles is 1. The summed E-state index contributed by atoms with van der Waals surface area (Å²) >= 11 is 0. The van der Waals surface area contributed by atoms with E-state index in [-0.39, 0.29) is 16.4 Å². The largest absolute Gasteiger partial charge is 0.386 e. The predicted molar refractivity (Wildman–Crippen MR) is 60.6 cm³/mol. The van der Waals surface area contributed by atoms with Gasteiger partial charge in [-0.2, -0.15) is 5.26 Å². The first kappa shape index (κ1) is 14.0. The van der Waals surface area contributed by atoms with Crippen LogP contribution in [0.2, 0.25) is 0 Å². The van der Waals surface area contributed by atoms with Gasteiger partial charge in [-0.3, -0.25) is 0 Å². The highest BCUT2D eigenvalue weighted by Gasteiger charge is 2.19. The van der Waals surface area contributed by atoms with Crippen LogP contribution in [-0.4, -0.2) is 20.7 Å². The molecule has 0 saturated heterocycles. The van der Waals surface area contributed by atoms with E-state index in [1.54, 1.807) is 6.07 Å². The molecular weight excluding hydrogens is 212 g/mol. The topological polar surface area (TPSA) is 70.0 Å². The summed E-state index contributed by atoms with van der Waals surface area (Å²) in [5, 5.41) is 11.6. The summed E-state index contributed by atoms with van der Waals surface area (Å²) in [5.41, 5.74) is 0.00850. The van der Waals surface area contributed by atoms with Gasteiger partial charge in [-0.15, -0.1) is 0 Å². The van der Waals surface area contributed by atoms with Crippen LogP contribution in [0.25, 0.3) is 0 Å². The Hall–Kier alpha value is -1.02. The summed E-state index contributed by atoms with van der Waals surface area (Å²) in [7, 11) is -3.42. The summed E-state index contributed by atoms with van der Waals surface area (Å²) < 4.78 is 22.2. The number of hydrogen-bond acceptors (Lipinski definition) is 4. The number of nitrogens with one attached hydrogen (secondary N) is 1. The van der Waals surface area contributed by atoms with Gasteiger partial charge in [-0.1, -0.05) is 20.8 Å². The van der Waals surface area contributed by atoms with Crippen molar-refractivity contribution in [3.8, 4) is 6.07 Å². The average Bonchev–Trinajstić information content (AvgIpc) is 2.00. The van der Waals surface area contributed by atoms with Crippen LogP contribution < -0.4 is 5.32 Å². The molecule has 0 spiro atoms. The molecule has 0 aliphatic heterocycles. The number of nitrogens with zero attached hydrogens (tertiary/aromatic N) is 1. The maximum atomic E-state index is 11.1. The Kier molecular flexibility index (Phi) is 4.35. The van der Waals surface area contributed by atoms with E-state index < -0.39 is 9.84 Å². The van der Waals surface area contributed by atoms with Crippen LogP contribution in [-0.2, 0) is 9.84 Å². The van der Waals surface area contributed by atoms with Crippen LogP contribution in [0, 0.1) is 16.7 Å². The first-order chi connectivity index (χ1) is 6.59. The second-order valence-electron chi connectivity index (χ2n) is 4.65. The van der Waals surface area contributed by atoms with Gasteiger partial charge < -0.3 is 5.32 Å². The summed E-state index contributed by atoms with van der Waals surface area (Å²) in [6, 6.07) is 1.75. The van der Waals surface area contributed by atoms with E-state index in [0.29, 0.717) is 0 Å². The Balaban J connectivity index is 4.75. The van der Waals surface area contributed by atoms with Crippen molar-refractivity contribution in [3.63, 3.8) is 0 Å². The summed E-state index contributed by atoms with van der Waals surface area (Å²) in [6.45, 7) is 8.04. The number of hydrogen-bond donors (Lipinski definition) is 1. The minimum Gasteiger partial charge on any atom is -0.386 e. The van der Waals surface area contributed by atoms with Crippen molar-refractivity contribution < 1.29 is 8.42 Å². The van der Waals surface area contributed by atoms with Gasteiger partial charge >= 0.3 is 0 Å². The molecule has 86 valence electrons. The quantitative estimate of drug-likeness (QED) is 0.744. The maximum absolute atomic E-state index is 11.1. The van der Waals surface area contributed by atoms with E-state index in [9.17, 15) is 8.42 Å². The van der Waals surface area contributed by atoms with Crippen molar-refractivity contribution in [1.29, 1.82) is 5.26 Å². The van der Waals surface area contributed by atoms with Crippen LogP contribution >= 0.6 is 0 Å². The van der Waals surface area contributed by atoms with Gasteiger partial charge in [-0.05, 0) is 12.3 Å². The fourth-order valence-electron chi connectivity index (χ4n) is 0.673. The molecule has 1 atom stereocenters. The van der Waals surface area contributed by atoms with Crippen LogP contribution in [0.4, 0.5) is 0 Å². The molecule has 0 fully saturated rings. The van der Waals surface area contributed by atoms with Crippen molar-refractivity contribution in [2.75, 3.05) is 6.26 Å². The smallest absolute Gasteiger partial charge is 0.186 e. The Morgan fingerprint density at radius 1 is 1.47 bits per heavy atom. The lowest BCUT2D eigenvalue weighted by Crippen LogP contribution is -2.34. The molecule has 0 radical (unpaired) electrons. The van der Waals surface area contributed by atoms with Crippen molar-refractivity contribution in [2.45, 2.75) is 33.7 Å². The highest BCUT2D eigenvalue weighted by molar-refractivity contribution is 7.94. The van der Waals surface area contributed by atoms with Crippen LogP contribution in [0.15, 0.2) is 11.1 Å². The Bertz CT molecular complexity index is 383. The molecule has 0 amide bonds. The van der Waals surface area contributed by atoms with Crippen LogP contribution in [0.1, 0.15) is 27.7 Å². The average molecular weight is 230 g/mol. The second-order valence-corrected chi connectivity index (χ2v) is 6.63. The number of sulfone groups is 1. The SMILES string of the molecule is CC(N/C=C(\C#N)S(C)(=O)=O)C(C)(C)C. The molecule has 4 nitrogen and oxygen atoms in total. The van der Waals surface area contributed by atoms with Gasteiger partial charge in [0.05, 0.1) is 0 Å². The third kappa shape index (κ3) is 4.84. The molecule has 0 aliphatic rings. The third-order valence-corrected chi connectivity index (χ3v) is 3.28. The van der Waals surface area contributed by atoms with Crippen LogP contribution in [0.5, 0.6) is 0 Å². The normalized spacial score (nSPS) is 15.6. The second kappa shape index (κ2) is 4.67. The first-order valence-corrected chi connectivity index (χ1v) is 6.54. The van der Waals surface area contributed by atoms with Gasteiger partial charge in [0.1, 0.15) is 6.07 Å². The zero-order valence-electron chi connectivity index (χ0n) is 9.83. The van der Waals surface area contributed by atoms with Gasteiger partial charge in [0.15, 0.2) is 14.7 Å². The highest BCUT2D eigenvalue weighted by Crippen LogP contribution is 2.18. The van der Waals surface area contributed by atoms with Crippen molar-refractivity contribution in [2.24, 2.45) is 5.41 Å². The molecule has 15 heavy (non-hydrogen) atoms. The van der Waals surface area contributed by atoms with Crippen LogP contribution in [0.3, 0.4) is 0 Å². The van der Waals surface area contributed by atoms with Gasteiger partial charge in [0.25, 0.3) is 0 Å². The lowest BCUT2D eigenvalue weighted by molar-refractivity contribution is 0.309. The molecule has 5 heteroatoms. The standard InChI is InChI=1S/C10H18N2O2S/c1-8(10(2,3)4)12-7-9(6-11)15(5,13)14/h7-8,12H,1-5H3/b9-7+. The highest BCUT2D eigenvalue weighted by atomic mass is 32.2. The molecule has 0 aromatic carbocycles. The van der Waals surface area contributed by atoms with Gasteiger partial charge in [0.2, 0.25) is 0 Å². The minimum atomic E-state index is -3.42. The Morgan fingerprint density at radius 2 is 1.93 bits per heavy atom. The van der Waals surface area contributed by atoms with Crippen molar-refractivity contribution >= 4 is 9.84 Å². The third-order valence-electron chi connectivity index (χ3n) is 2.27. The first-order valence-electron chi connectivity index (χ1n) is 4.65. The summed E-state index contributed by atoms with van der Waals surface area (Å²) in [5.74, 6) is 0. The Labute approximate surface area is 91.9 Å². The fourth-order valence-corrected chi connectivity index (χ4v) is 1.12. The molecule has 0 rings (SSSR count). The molecule has 0 aromatic rings. The lowest BCUT2D eigenvalue weighted by atomic mass is 9.88. The van der Waals surface area contributed by atoms with Crippen molar-refractivity contribution in [1.82, 2.24) is 5.32 Å². The van der Waals surface area contributed by atoms with E-state index in [0.717, 1.165) is 6.26 Å². The molecule has 0 bridgehead atoms. The predicted octanol–water partition coefficient (Wildman–Crippen LogP) is 1.42. The molecular formula is C10H18N2O2S. The van der Waals surface area contributed by atoms with E-state index in [2.05, 4.69) is 5.32 Å². The Morgan fingerprint density at radius 3 is 2.20 bits per heavy atom. The summed E-state index contributed by atoms with van der Waals surface area (Å²) in [6.07, 6.45) is 2.29. The fraction of sp³-hybridized carbons (Fsp3) is 0.700. The molecule has 0 aromatic heterocycles.